The van der Waals surface area contributed by atoms with Crippen molar-refractivity contribution in [3.05, 3.63) is 71.2 Å². The van der Waals surface area contributed by atoms with E-state index < -0.39 is 40.9 Å². The molecule has 0 aliphatic carbocycles. The fourth-order valence-corrected chi connectivity index (χ4v) is 4.30. The Morgan fingerprint density at radius 1 is 0.821 bits per heavy atom. The Balaban J connectivity index is 1.45. The molecule has 6 nitrogen and oxygen atoms in total. The Hall–Kier alpha value is -4.17. The average Bonchev–Trinajstić information content (AvgIpc) is 3.31. The van der Waals surface area contributed by atoms with Crippen LogP contribution >= 0.6 is 0 Å². The van der Waals surface area contributed by atoms with Gasteiger partial charge in [-0.1, -0.05) is 0 Å². The summed E-state index contributed by atoms with van der Waals surface area (Å²) in [6.07, 6.45) is -8.13. The van der Waals surface area contributed by atoms with E-state index in [4.69, 9.17) is 0 Å². The highest BCUT2D eigenvalue weighted by Gasteiger charge is 2.37. The normalized spacial score (nSPS) is 14.8. The average molecular weight is 560 g/mol. The molecule has 2 aromatic carbocycles. The number of hydrogen-bond acceptors (Lipinski definition) is 5. The first-order valence-electron chi connectivity index (χ1n) is 11.4. The lowest BCUT2D eigenvalue weighted by atomic mass is 10.1. The predicted molar refractivity (Wildman–Crippen MR) is 124 cm³/mol. The number of benzene rings is 2. The van der Waals surface area contributed by atoms with Gasteiger partial charge in [-0.25, -0.2) is 23.1 Å². The van der Waals surface area contributed by atoms with Crippen molar-refractivity contribution in [2.75, 3.05) is 41.3 Å². The molecule has 1 saturated heterocycles. The second-order valence-electron chi connectivity index (χ2n) is 8.70. The third kappa shape index (κ3) is 5.25. The summed E-state index contributed by atoms with van der Waals surface area (Å²) in [5.41, 5.74) is -2.64. The molecule has 0 unspecified atom stereocenters. The quantitative estimate of drug-likeness (QED) is 0.221. The lowest BCUT2D eigenvalue weighted by Crippen LogP contribution is -2.47. The van der Waals surface area contributed by atoms with Crippen molar-refractivity contribution in [1.82, 2.24) is 15.0 Å². The van der Waals surface area contributed by atoms with Crippen LogP contribution in [0.1, 0.15) is 11.1 Å². The predicted octanol–water partition coefficient (Wildman–Crippen LogP) is 6.48. The van der Waals surface area contributed by atoms with Gasteiger partial charge in [0.1, 0.15) is 11.3 Å². The molecule has 39 heavy (non-hydrogen) atoms. The number of rotatable bonds is 4. The van der Waals surface area contributed by atoms with Crippen LogP contribution in [0.15, 0.2) is 42.6 Å². The zero-order chi connectivity index (χ0) is 28.1. The molecule has 4 aromatic rings. The number of nitrogens with one attached hydrogen (secondary N) is 2. The topological polar surface area (TPSA) is 60.1 Å². The molecule has 206 valence electrons. The summed E-state index contributed by atoms with van der Waals surface area (Å²) in [7, 11) is 0. The van der Waals surface area contributed by atoms with E-state index in [9.17, 15) is 39.5 Å². The van der Waals surface area contributed by atoms with Gasteiger partial charge in [0, 0.05) is 50.2 Å². The highest BCUT2D eigenvalue weighted by molar-refractivity contribution is 5.92. The summed E-state index contributed by atoms with van der Waals surface area (Å²) in [5.74, 6) is -4.90. The van der Waals surface area contributed by atoms with E-state index in [0.717, 1.165) is 12.1 Å². The minimum absolute atomic E-state index is 0.00495. The number of nitrogens with zero attached hydrogens (tertiary/aromatic N) is 4. The number of piperazine rings is 1. The van der Waals surface area contributed by atoms with E-state index in [2.05, 4.69) is 20.3 Å². The van der Waals surface area contributed by atoms with Gasteiger partial charge < -0.3 is 20.1 Å². The van der Waals surface area contributed by atoms with Crippen LogP contribution in [0.4, 0.5) is 62.7 Å². The SMILES string of the molecule is Fc1cc(Nc2cc(C(F)(F)F)cc3[nH]c(N4CCN(c5ncccc5C(F)(F)F)CC4)nc23)cc(F)c1F. The maximum atomic E-state index is 13.7. The molecule has 1 aliphatic rings. The second kappa shape index (κ2) is 9.54. The van der Waals surface area contributed by atoms with Gasteiger partial charge in [0.2, 0.25) is 5.95 Å². The number of aromatic nitrogens is 3. The van der Waals surface area contributed by atoms with Gasteiger partial charge in [-0.3, -0.25) is 0 Å². The summed E-state index contributed by atoms with van der Waals surface area (Å²) < 4.78 is 122. The van der Waals surface area contributed by atoms with Crippen LogP contribution in [-0.4, -0.2) is 41.1 Å². The van der Waals surface area contributed by atoms with Gasteiger partial charge in [-0.2, -0.15) is 26.3 Å². The largest absolute Gasteiger partial charge is 0.419 e. The van der Waals surface area contributed by atoms with Crippen LogP contribution in [0.5, 0.6) is 0 Å². The molecule has 15 heteroatoms. The summed E-state index contributed by atoms with van der Waals surface area (Å²) in [4.78, 5) is 14.1. The Morgan fingerprint density at radius 3 is 2.08 bits per heavy atom. The van der Waals surface area contributed by atoms with E-state index in [1.165, 1.54) is 17.2 Å². The molecule has 2 aromatic heterocycles. The molecule has 0 spiro atoms. The molecule has 0 saturated carbocycles. The molecule has 5 rings (SSSR count). The van der Waals surface area contributed by atoms with E-state index in [0.29, 0.717) is 18.2 Å². The second-order valence-corrected chi connectivity index (χ2v) is 8.70. The standard InChI is InChI=1S/C24H17F9N6/c25-15-10-13(11-16(26)19(15)27)35-17-8-12(23(28,29)30)9-18-20(17)37-22(36-18)39-6-4-38(5-7-39)21-14(24(31,32)33)2-1-3-34-21/h1-3,8-11,35H,4-7H2,(H,36,37). The number of imidazole rings is 1. The van der Waals surface area contributed by atoms with Crippen molar-refractivity contribution in [3.63, 3.8) is 0 Å². The van der Waals surface area contributed by atoms with Gasteiger partial charge in [0.15, 0.2) is 17.5 Å². The lowest BCUT2D eigenvalue weighted by Gasteiger charge is -2.36. The highest BCUT2D eigenvalue weighted by Crippen LogP contribution is 2.38. The lowest BCUT2D eigenvalue weighted by molar-refractivity contribution is -0.138. The minimum Gasteiger partial charge on any atom is -0.354 e. The van der Waals surface area contributed by atoms with Crippen molar-refractivity contribution in [3.8, 4) is 0 Å². The first kappa shape index (κ1) is 26.4. The van der Waals surface area contributed by atoms with Crippen molar-refractivity contribution >= 4 is 34.2 Å². The summed E-state index contributed by atoms with van der Waals surface area (Å²) in [5, 5.41) is 2.46. The van der Waals surface area contributed by atoms with Gasteiger partial charge in [-0.05, 0) is 24.3 Å². The Morgan fingerprint density at radius 2 is 1.46 bits per heavy atom. The van der Waals surface area contributed by atoms with Gasteiger partial charge >= 0.3 is 12.4 Å². The first-order valence-corrected chi connectivity index (χ1v) is 11.4. The van der Waals surface area contributed by atoms with Crippen LogP contribution in [0.2, 0.25) is 0 Å². The summed E-state index contributed by atoms with van der Waals surface area (Å²) in [6.45, 7) is 0.558. The van der Waals surface area contributed by atoms with E-state index in [-0.39, 0.29) is 60.4 Å². The third-order valence-corrected chi connectivity index (χ3v) is 6.14. The fraction of sp³-hybridized carbons (Fsp3) is 0.250. The van der Waals surface area contributed by atoms with E-state index >= 15 is 0 Å². The molecule has 2 N–H and O–H groups in total. The number of halogens is 9. The summed E-state index contributed by atoms with van der Waals surface area (Å²) in [6, 6.07) is 4.80. The van der Waals surface area contributed by atoms with Gasteiger partial charge in [0.25, 0.3) is 0 Å². The first-order chi connectivity index (χ1) is 18.3. The van der Waals surface area contributed by atoms with Crippen LogP contribution in [0, 0.1) is 17.5 Å². The van der Waals surface area contributed by atoms with Gasteiger partial charge in [-0.15, -0.1) is 0 Å². The number of aromatic amines is 1. The Bertz CT molecular complexity index is 1500. The highest BCUT2D eigenvalue weighted by atomic mass is 19.4. The zero-order valence-corrected chi connectivity index (χ0v) is 19.6. The molecule has 1 fully saturated rings. The fourth-order valence-electron chi connectivity index (χ4n) is 4.30. The number of fused-ring (bicyclic) bond motifs is 1. The van der Waals surface area contributed by atoms with Crippen LogP contribution in [0.3, 0.4) is 0 Å². The van der Waals surface area contributed by atoms with Crippen molar-refractivity contribution in [1.29, 1.82) is 0 Å². The molecule has 0 atom stereocenters. The zero-order valence-electron chi connectivity index (χ0n) is 19.6. The van der Waals surface area contributed by atoms with Crippen LogP contribution in [-0.2, 0) is 12.4 Å². The maximum Gasteiger partial charge on any atom is 0.419 e. The number of H-pyrrole nitrogens is 1. The molecule has 0 radical (unpaired) electrons. The molecule has 0 bridgehead atoms. The van der Waals surface area contributed by atoms with E-state index in [1.807, 2.05) is 0 Å². The van der Waals surface area contributed by atoms with Crippen LogP contribution in [0.25, 0.3) is 11.0 Å². The number of hydrogen-bond donors (Lipinski definition) is 2. The molecular weight excluding hydrogens is 543 g/mol. The van der Waals surface area contributed by atoms with Crippen molar-refractivity contribution in [2.24, 2.45) is 0 Å². The Labute approximate surface area is 214 Å². The molecule has 3 heterocycles. The number of pyridine rings is 1. The van der Waals surface area contributed by atoms with E-state index in [1.54, 1.807) is 4.90 Å². The monoisotopic (exact) mass is 560 g/mol. The molecule has 1 aliphatic heterocycles. The summed E-state index contributed by atoms with van der Waals surface area (Å²) >= 11 is 0. The van der Waals surface area contributed by atoms with Crippen molar-refractivity contribution in [2.45, 2.75) is 12.4 Å². The molecule has 0 amide bonds. The third-order valence-electron chi connectivity index (χ3n) is 6.14. The Kier molecular flexibility index (Phi) is 6.47. The number of anilines is 4. The van der Waals surface area contributed by atoms with Crippen LogP contribution < -0.4 is 15.1 Å². The number of alkyl halides is 6. The van der Waals surface area contributed by atoms with Gasteiger partial charge in [0.05, 0.1) is 22.3 Å². The van der Waals surface area contributed by atoms with Crippen molar-refractivity contribution < 1.29 is 39.5 Å². The maximum absolute atomic E-state index is 13.7. The molecular formula is C24H17F9N6. The smallest absolute Gasteiger partial charge is 0.354 e. The minimum atomic E-state index is -4.78.